The summed E-state index contributed by atoms with van der Waals surface area (Å²) in [5.41, 5.74) is -2.76. The lowest BCUT2D eigenvalue weighted by molar-refractivity contribution is -0.153. The van der Waals surface area contributed by atoms with Crippen LogP contribution in [0.2, 0.25) is 0 Å². The molecular weight excluding hydrogens is 462 g/mol. The average Bonchev–Trinajstić information content (AvgIpc) is 3.45. The Morgan fingerprint density at radius 1 is 1.11 bits per heavy atom. The molecule has 2 unspecified atom stereocenters. The van der Waals surface area contributed by atoms with Gasteiger partial charge in [0.05, 0.1) is 23.9 Å². The molecule has 0 aromatic heterocycles. The Morgan fingerprint density at radius 3 is 2.56 bits per heavy atom. The molecule has 2 saturated heterocycles. The van der Waals surface area contributed by atoms with Crippen molar-refractivity contribution in [3.05, 3.63) is 60.4 Å². The average molecular weight is 496 g/mol. The standard InChI is InChI=1S/C28H33NO7/c1-16-9-8-12-19-23-27(4,35-23)17(2)21-20(15-18-10-6-5-7-11-18)29-24(31)28(19,21)36-25(32)34-14-13-26(3,33)22(16)30/h5-8,10-14,16-17,19-21,23,33H,9,15H2,1-4H3,(H,29,31)/b12-8+,14-13+/t16-,17-,19?,20-,21-,23-,26+,27+,28?/m0/s1. The van der Waals surface area contributed by atoms with E-state index in [4.69, 9.17) is 14.2 Å². The van der Waals surface area contributed by atoms with E-state index < -0.39 is 40.6 Å². The van der Waals surface area contributed by atoms with Crippen LogP contribution in [0.25, 0.3) is 0 Å². The Hall–Kier alpha value is -2.97. The first-order chi connectivity index (χ1) is 17.0. The zero-order valence-electron chi connectivity index (χ0n) is 21.0. The molecule has 1 aromatic carbocycles. The Labute approximate surface area is 210 Å². The minimum absolute atomic E-state index is 0.0972. The molecule has 4 aliphatic rings. The molecule has 9 atom stereocenters. The number of amides is 1. The number of epoxide rings is 1. The van der Waals surface area contributed by atoms with Gasteiger partial charge in [-0.15, -0.1) is 0 Å². The number of allylic oxidation sites excluding steroid dienone is 1. The minimum atomic E-state index is -1.81. The monoisotopic (exact) mass is 495 g/mol. The lowest BCUT2D eigenvalue weighted by Crippen LogP contribution is -2.61. The fourth-order valence-corrected chi connectivity index (χ4v) is 6.51. The number of carbonyl (C=O) groups excluding carboxylic acids is 3. The van der Waals surface area contributed by atoms with Gasteiger partial charge in [-0.05, 0) is 44.2 Å². The maximum Gasteiger partial charge on any atom is 0.514 e. The van der Waals surface area contributed by atoms with Crippen LogP contribution in [0.5, 0.6) is 0 Å². The summed E-state index contributed by atoms with van der Waals surface area (Å²) >= 11 is 0. The number of ether oxygens (including phenoxy) is 3. The van der Waals surface area contributed by atoms with Crippen LogP contribution in [-0.2, 0) is 30.2 Å². The molecular formula is C28H33NO7. The normalized spacial score (nSPS) is 45.8. The second-order valence-corrected chi connectivity index (χ2v) is 11.0. The van der Waals surface area contributed by atoms with Gasteiger partial charge < -0.3 is 24.6 Å². The fraction of sp³-hybridized carbons (Fsp3) is 0.536. The van der Waals surface area contributed by atoms with Crippen LogP contribution in [0.15, 0.2) is 54.8 Å². The number of carbonyl (C=O) groups is 3. The Bertz CT molecular complexity index is 1130. The van der Waals surface area contributed by atoms with E-state index in [1.807, 2.05) is 56.3 Å². The van der Waals surface area contributed by atoms with Gasteiger partial charge in [-0.25, -0.2) is 4.79 Å². The van der Waals surface area contributed by atoms with Crippen molar-refractivity contribution in [2.45, 2.75) is 69.5 Å². The third-order valence-corrected chi connectivity index (χ3v) is 8.64. The zero-order chi connectivity index (χ0) is 25.9. The molecule has 2 N–H and O–H groups in total. The molecule has 192 valence electrons. The summed E-state index contributed by atoms with van der Waals surface area (Å²) in [7, 11) is 0. The van der Waals surface area contributed by atoms with Crippen molar-refractivity contribution in [1.29, 1.82) is 0 Å². The van der Waals surface area contributed by atoms with E-state index in [0.717, 1.165) is 17.9 Å². The van der Waals surface area contributed by atoms with Gasteiger partial charge in [0.15, 0.2) is 5.78 Å². The number of Topliss-reactive ketones (excluding diaryl/α,β-unsaturated/α-hetero) is 1. The molecule has 36 heavy (non-hydrogen) atoms. The molecule has 3 fully saturated rings. The highest BCUT2D eigenvalue weighted by Gasteiger charge is 2.78. The van der Waals surface area contributed by atoms with Crippen molar-refractivity contribution >= 4 is 17.8 Å². The highest BCUT2D eigenvalue weighted by Crippen LogP contribution is 2.63. The zero-order valence-corrected chi connectivity index (χ0v) is 21.0. The van der Waals surface area contributed by atoms with Crippen molar-refractivity contribution in [3.8, 4) is 0 Å². The van der Waals surface area contributed by atoms with Crippen LogP contribution < -0.4 is 5.32 Å². The van der Waals surface area contributed by atoms with E-state index in [-0.39, 0.29) is 29.9 Å². The van der Waals surface area contributed by atoms with E-state index in [0.29, 0.717) is 12.8 Å². The van der Waals surface area contributed by atoms with E-state index in [9.17, 15) is 19.5 Å². The molecule has 0 radical (unpaired) electrons. The molecule has 5 rings (SSSR count). The first-order valence-corrected chi connectivity index (χ1v) is 12.5. The third kappa shape index (κ3) is 3.78. The van der Waals surface area contributed by atoms with Crippen LogP contribution in [-0.4, -0.2) is 51.9 Å². The van der Waals surface area contributed by atoms with E-state index in [2.05, 4.69) is 5.32 Å². The highest BCUT2D eigenvalue weighted by molar-refractivity contribution is 5.92. The molecule has 0 bridgehead atoms. The summed E-state index contributed by atoms with van der Waals surface area (Å²) in [6.07, 6.45) is 5.28. The number of ketones is 1. The summed E-state index contributed by atoms with van der Waals surface area (Å²) in [4.78, 5) is 39.5. The number of benzene rings is 1. The van der Waals surface area contributed by atoms with E-state index in [1.165, 1.54) is 6.92 Å². The number of rotatable bonds is 2. The second-order valence-electron chi connectivity index (χ2n) is 11.0. The van der Waals surface area contributed by atoms with Gasteiger partial charge in [0.25, 0.3) is 5.91 Å². The number of cyclic esters (lactones) is 1. The summed E-state index contributed by atoms with van der Waals surface area (Å²) in [6, 6.07) is 9.58. The Balaban J connectivity index is 1.58. The molecule has 1 saturated carbocycles. The van der Waals surface area contributed by atoms with Crippen molar-refractivity contribution in [1.82, 2.24) is 5.32 Å². The number of fused-ring (bicyclic) bond motifs is 2. The molecule has 3 heterocycles. The SMILES string of the molecule is C[C@H]1C/C=C/C2[C@@H]3O[C@]3(C)[C@@H](C)[C@H]3[C@H](Cc4ccccc4)NC(=O)C23OC(=O)O/C=C/[C@@](C)(O)C1=O. The van der Waals surface area contributed by atoms with Crippen molar-refractivity contribution < 1.29 is 33.7 Å². The Morgan fingerprint density at radius 2 is 1.83 bits per heavy atom. The number of nitrogens with one attached hydrogen (secondary N) is 1. The molecule has 1 aromatic rings. The van der Waals surface area contributed by atoms with Gasteiger partial charge in [-0.1, -0.05) is 56.3 Å². The third-order valence-electron chi connectivity index (χ3n) is 8.64. The topological polar surface area (TPSA) is 114 Å². The van der Waals surface area contributed by atoms with E-state index in [1.54, 1.807) is 6.92 Å². The van der Waals surface area contributed by atoms with Crippen LogP contribution in [0, 0.1) is 23.7 Å². The quantitative estimate of drug-likeness (QED) is 0.368. The molecule has 1 amide bonds. The summed E-state index contributed by atoms with van der Waals surface area (Å²) < 4.78 is 17.3. The predicted molar refractivity (Wildman–Crippen MR) is 129 cm³/mol. The van der Waals surface area contributed by atoms with Crippen molar-refractivity contribution in [2.75, 3.05) is 0 Å². The largest absolute Gasteiger partial charge is 0.514 e. The number of aliphatic hydroxyl groups is 1. The van der Waals surface area contributed by atoms with Crippen LogP contribution in [0.4, 0.5) is 4.79 Å². The second kappa shape index (κ2) is 8.56. The van der Waals surface area contributed by atoms with Crippen LogP contribution in [0.1, 0.15) is 39.7 Å². The number of hydrogen-bond donors (Lipinski definition) is 2. The van der Waals surface area contributed by atoms with Crippen molar-refractivity contribution in [3.63, 3.8) is 0 Å². The molecule has 8 heteroatoms. The van der Waals surface area contributed by atoms with Crippen LogP contribution >= 0.6 is 0 Å². The lowest BCUT2D eigenvalue weighted by Gasteiger charge is -2.45. The molecule has 8 nitrogen and oxygen atoms in total. The lowest BCUT2D eigenvalue weighted by atomic mass is 9.59. The minimum Gasteiger partial charge on any atom is -0.416 e. The maximum absolute atomic E-state index is 13.8. The molecule has 1 aliphatic carbocycles. The van der Waals surface area contributed by atoms with Gasteiger partial charge >= 0.3 is 6.16 Å². The number of hydrogen-bond acceptors (Lipinski definition) is 7. The van der Waals surface area contributed by atoms with Gasteiger partial charge in [0.1, 0.15) is 5.60 Å². The van der Waals surface area contributed by atoms with Gasteiger partial charge in [0, 0.05) is 17.9 Å². The molecule has 1 spiro atoms. The predicted octanol–water partition coefficient (Wildman–Crippen LogP) is 3.09. The first kappa shape index (κ1) is 24.7. The van der Waals surface area contributed by atoms with Crippen LogP contribution in [0.3, 0.4) is 0 Å². The maximum atomic E-state index is 13.8. The summed E-state index contributed by atoms with van der Waals surface area (Å²) in [5.74, 6) is -2.32. The van der Waals surface area contributed by atoms with Gasteiger partial charge in [-0.3, -0.25) is 9.59 Å². The van der Waals surface area contributed by atoms with Gasteiger partial charge in [0.2, 0.25) is 5.60 Å². The summed E-state index contributed by atoms with van der Waals surface area (Å²) in [6.45, 7) is 7.15. The van der Waals surface area contributed by atoms with Crippen molar-refractivity contribution in [2.24, 2.45) is 23.7 Å². The first-order valence-electron chi connectivity index (χ1n) is 12.5. The smallest absolute Gasteiger partial charge is 0.416 e. The molecule has 3 aliphatic heterocycles. The highest BCUT2D eigenvalue weighted by atomic mass is 16.7. The summed E-state index contributed by atoms with van der Waals surface area (Å²) in [5, 5.41) is 13.7. The fourth-order valence-electron chi connectivity index (χ4n) is 6.51. The van der Waals surface area contributed by atoms with E-state index >= 15 is 0 Å². The van der Waals surface area contributed by atoms with Gasteiger partial charge in [-0.2, -0.15) is 0 Å². The Kier molecular flexibility index (Phi) is 5.87.